The molecule has 0 aliphatic heterocycles. The second-order valence-corrected chi connectivity index (χ2v) is 5.52. The molecule has 0 spiro atoms. The zero-order chi connectivity index (χ0) is 14.6. The monoisotopic (exact) mass is 277 g/mol. The Balaban J connectivity index is 2.22. The summed E-state index contributed by atoms with van der Waals surface area (Å²) in [5.41, 5.74) is 7.47. The molecule has 0 saturated heterocycles. The van der Waals surface area contributed by atoms with E-state index in [0.717, 1.165) is 19.4 Å². The first-order valence-corrected chi connectivity index (χ1v) is 8.21. The Morgan fingerprint density at radius 1 is 0.950 bits per heavy atom. The molecule has 114 valence electrons. The van der Waals surface area contributed by atoms with Crippen LogP contribution in [0.2, 0.25) is 0 Å². The molecular weight excluding hydrogens is 246 g/mol. The van der Waals surface area contributed by atoms with Gasteiger partial charge in [-0.1, -0.05) is 76.3 Å². The molecule has 1 rings (SSSR count). The summed E-state index contributed by atoms with van der Waals surface area (Å²) in [6.07, 6.45) is 8.88. The van der Waals surface area contributed by atoms with Gasteiger partial charge in [-0.3, -0.25) is 0 Å². The number of benzene rings is 1. The smallest absolute Gasteiger partial charge is 0.0765 e. The fourth-order valence-electron chi connectivity index (χ4n) is 2.48. The zero-order valence-corrected chi connectivity index (χ0v) is 13.2. The van der Waals surface area contributed by atoms with Crippen LogP contribution in [0.3, 0.4) is 0 Å². The largest absolute Gasteiger partial charge is 0.376 e. The van der Waals surface area contributed by atoms with Gasteiger partial charge in [0.05, 0.1) is 12.1 Å². The lowest BCUT2D eigenvalue weighted by Crippen LogP contribution is -2.28. The lowest BCUT2D eigenvalue weighted by atomic mass is 10.0. The highest BCUT2D eigenvalue weighted by molar-refractivity contribution is 5.19. The predicted molar refractivity (Wildman–Crippen MR) is 86.8 cm³/mol. The van der Waals surface area contributed by atoms with Crippen molar-refractivity contribution in [3.63, 3.8) is 0 Å². The molecule has 0 heterocycles. The van der Waals surface area contributed by atoms with Gasteiger partial charge in [-0.2, -0.15) is 0 Å². The third kappa shape index (κ3) is 6.53. The van der Waals surface area contributed by atoms with Crippen molar-refractivity contribution >= 4 is 0 Å². The van der Waals surface area contributed by atoms with Crippen molar-refractivity contribution in [2.45, 2.75) is 70.9 Å². The third-order valence-corrected chi connectivity index (χ3v) is 3.82. The van der Waals surface area contributed by atoms with E-state index < -0.39 is 0 Å². The molecule has 0 saturated carbocycles. The van der Waals surface area contributed by atoms with Crippen LogP contribution >= 0.6 is 0 Å². The molecule has 2 atom stereocenters. The molecule has 0 bridgehead atoms. The minimum absolute atomic E-state index is 0.0127. The van der Waals surface area contributed by atoms with Crippen LogP contribution in [0.15, 0.2) is 30.3 Å². The summed E-state index contributed by atoms with van der Waals surface area (Å²) in [5, 5.41) is 0. The van der Waals surface area contributed by atoms with Gasteiger partial charge in [0.15, 0.2) is 0 Å². The molecular formula is C18H31NO. The first-order chi connectivity index (χ1) is 9.79. The van der Waals surface area contributed by atoms with E-state index in [0.29, 0.717) is 0 Å². The van der Waals surface area contributed by atoms with E-state index in [1.807, 2.05) is 18.2 Å². The minimum atomic E-state index is -0.0127. The van der Waals surface area contributed by atoms with E-state index in [4.69, 9.17) is 10.5 Å². The number of hydrogen-bond donors (Lipinski definition) is 1. The van der Waals surface area contributed by atoms with E-state index in [9.17, 15) is 0 Å². The summed E-state index contributed by atoms with van der Waals surface area (Å²) < 4.78 is 5.99. The second kappa shape index (κ2) is 10.9. The summed E-state index contributed by atoms with van der Waals surface area (Å²) in [6, 6.07) is 10.3. The Labute approximate surface area is 124 Å². The molecule has 0 radical (unpaired) electrons. The molecule has 1 aromatic carbocycles. The predicted octanol–water partition coefficient (Wildman–Crippen LogP) is 4.84. The van der Waals surface area contributed by atoms with Crippen LogP contribution in [0, 0.1) is 0 Å². The van der Waals surface area contributed by atoms with Crippen LogP contribution in [-0.2, 0) is 4.74 Å². The first kappa shape index (κ1) is 17.2. The zero-order valence-electron chi connectivity index (χ0n) is 13.2. The van der Waals surface area contributed by atoms with Crippen LogP contribution in [0.1, 0.15) is 70.4 Å². The standard InChI is InChI=1S/C18H31NO/c1-3-5-6-7-8-12-15-20-17(4-2)18(19)16-13-10-9-11-14-16/h9-11,13-14,17-18H,3-8,12,15,19H2,1-2H3. The van der Waals surface area contributed by atoms with Gasteiger partial charge in [0, 0.05) is 6.61 Å². The minimum Gasteiger partial charge on any atom is -0.376 e. The van der Waals surface area contributed by atoms with Crippen LogP contribution < -0.4 is 5.73 Å². The van der Waals surface area contributed by atoms with Crippen molar-refractivity contribution in [3.8, 4) is 0 Å². The molecule has 0 aromatic heterocycles. The molecule has 2 N–H and O–H groups in total. The maximum absolute atomic E-state index is 6.31. The number of ether oxygens (including phenoxy) is 1. The van der Waals surface area contributed by atoms with Crippen LogP contribution in [0.5, 0.6) is 0 Å². The Hall–Kier alpha value is -0.860. The fourth-order valence-corrected chi connectivity index (χ4v) is 2.48. The van der Waals surface area contributed by atoms with Gasteiger partial charge >= 0.3 is 0 Å². The lowest BCUT2D eigenvalue weighted by Gasteiger charge is -2.23. The normalized spacial score (nSPS) is 14.2. The number of hydrogen-bond acceptors (Lipinski definition) is 2. The summed E-state index contributed by atoms with van der Waals surface area (Å²) >= 11 is 0. The Morgan fingerprint density at radius 2 is 1.60 bits per heavy atom. The Kier molecular flexibility index (Phi) is 9.35. The quantitative estimate of drug-likeness (QED) is 0.587. The molecule has 0 aliphatic rings. The number of nitrogens with two attached hydrogens (primary N) is 1. The van der Waals surface area contributed by atoms with Crippen LogP contribution in [0.25, 0.3) is 0 Å². The number of unbranched alkanes of at least 4 members (excludes halogenated alkanes) is 5. The van der Waals surface area contributed by atoms with E-state index in [2.05, 4.69) is 26.0 Å². The maximum Gasteiger partial charge on any atom is 0.0765 e. The van der Waals surface area contributed by atoms with Crippen molar-refractivity contribution in [2.75, 3.05) is 6.61 Å². The fraction of sp³-hybridized carbons (Fsp3) is 0.667. The molecule has 2 nitrogen and oxygen atoms in total. The van der Waals surface area contributed by atoms with Gasteiger partial charge in [-0.25, -0.2) is 0 Å². The maximum atomic E-state index is 6.31. The van der Waals surface area contributed by atoms with Crippen LogP contribution in [-0.4, -0.2) is 12.7 Å². The average Bonchev–Trinajstić information content (AvgIpc) is 2.50. The topological polar surface area (TPSA) is 35.2 Å². The second-order valence-electron chi connectivity index (χ2n) is 5.52. The van der Waals surface area contributed by atoms with Gasteiger partial charge in [-0.05, 0) is 18.4 Å². The van der Waals surface area contributed by atoms with Gasteiger partial charge < -0.3 is 10.5 Å². The van der Waals surface area contributed by atoms with Crippen molar-refractivity contribution in [1.29, 1.82) is 0 Å². The van der Waals surface area contributed by atoms with E-state index in [1.54, 1.807) is 0 Å². The van der Waals surface area contributed by atoms with Crippen molar-refractivity contribution < 1.29 is 4.74 Å². The van der Waals surface area contributed by atoms with Gasteiger partial charge in [-0.15, -0.1) is 0 Å². The molecule has 2 heteroatoms. The Morgan fingerprint density at radius 3 is 2.25 bits per heavy atom. The van der Waals surface area contributed by atoms with E-state index in [-0.39, 0.29) is 12.1 Å². The lowest BCUT2D eigenvalue weighted by molar-refractivity contribution is 0.0303. The van der Waals surface area contributed by atoms with E-state index in [1.165, 1.54) is 37.7 Å². The average molecular weight is 277 g/mol. The molecule has 0 aliphatic carbocycles. The molecule has 1 aromatic rings. The van der Waals surface area contributed by atoms with Crippen molar-refractivity contribution in [1.82, 2.24) is 0 Å². The summed E-state index contributed by atoms with van der Waals surface area (Å²) in [7, 11) is 0. The third-order valence-electron chi connectivity index (χ3n) is 3.82. The summed E-state index contributed by atoms with van der Waals surface area (Å²) in [6.45, 7) is 5.24. The van der Waals surface area contributed by atoms with E-state index >= 15 is 0 Å². The van der Waals surface area contributed by atoms with Gasteiger partial charge in [0.1, 0.15) is 0 Å². The highest BCUT2D eigenvalue weighted by Crippen LogP contribution is 2.19. The van der Waals surface area contributed by atoms with Gasteiger partial charge in [0.2, 0.25) is 0 Å². The molecule has 20 heavy (non-hydrogen) atoms. The Bertz CT molecular complexity index is 325. The molecule has 2 unspecified atom stereocenters. The van der Waals surface area contributed by atoms with Crippen molar-refractivity contribution in [3.05, 3.63) is 35.9 Å². The molecule has 0 fully saturated rings. The summed E-state index contributed by atoms with van der Waals surface area (Å²) in [5.74, 6) is 0. The summed E-state index contributed by atoms with van der Waals surface area (Å²) in [4.78, 5) is 0. The highest BCUT2D eigenvalue weighted by Gasteiger charge is 2.17. The highest BCUT2D eigenvalue weighted by atomic mass is 16.5. The molecule has 0 amide bonds. The van der Waals surface area contributed by atoms with Crippen LogP contribution in [0.4, 0.5) is 0 Å². The van der Waals surface area contributed by atoms with Crippen molar-refractivity contribution in [2.24, 2.45) is 5.73 Å². The first-order valence-electron chi connectivity index (χ1n) is 8.21. The van der Waals surface area contributed by atoms with Gasteiger partial charge in [0.25, 0.3) is 0 Å². The SMILES string of the molecule is CCCCCCCCOC(CC)C(N)c1ccccc1. The number of rotatable bonds is 11.